The minimum atomic E-state index is -2.47. The lowest BCUT2D eigenvalue weighted by molar-refractivity contribution is -0.302. The molecule has 3 heterocycles. The van der Waals surface area contributed by atoms with E-state index in [0.717, 1.165) is 12.0 Å². The average molecular weight is 832 g/mol. The summed E-state index contributed by atoms with van der Waals surface area (Å²) in [6.45, 7) is 13.1. The molecule has 4 rings (SSSR count). The summed E-state index contributed by atoms with van der Waals surface area (Å²) in [6, 6.07) is -0.984. The average Bonchev–Trinajstić information content (AvgIpc) is 3.21. The Morgan fingerprint density at radius 2 is 1.59 bits per heavy atom. The first-order valence-corrected chi connectivity index (χ1v) is 21.9. The van der Waals surface area contributed by atoms with Crippen molar-refractivity contribution in [3.63, 3.8) is 0 Å². The highest BCUT2D eigenvalue weighted by molar-refractivity contribution is 6.39. The van der Waals surface area contributed by atoms with Crippen LogP contribution in [0.2, 0.25) is 0 Å². The predicted octanol–water partition coefficient (Wildman–Crippen LogP) is 5.07. The molecule has 1 amide bonds. The Labute approximate surface area is 351 Å². The largest absolute Gasteiger partial charge is 0.392 e. The van der Waals surface area contributed by atoms with Crippen molar-refractivity contribution < 1.29 is 58.2 Å². The number of amides is 1. The molecule has 0 aromatic heterocycles. The molecule has 13 nitrogen and oxygen atoms in total. The van der Waals surface area contributed by atoms with Gasteiger partial charge in [-0.1, -0.05) is 45.9 Å². The smallest absolute Gasteiger partial charge is 0.296 e. The topological polar surface area (TPSA) is 178 Å². The maximum absolute atomic E-state index is 14.2. The first-order chi connectivity index (χ1) is 28.0. The monoisotopic (exact) mass is 832 g/mol. The van der Waals surface area contributed by atoms with Gasteiger partial charge in [-0.15, -0.1) is 6.58 Å². The van der Waals surface area contributed by atoms with E-state index in [4.69, 9.17) is 23.7 Å². The number of carbonyl (C=O) groups is 4. The molecule has 0 aromatic rings. The van der Waals surface area contributed by atoms with Crippen LogP contribution in [0, 0.1) is 29.6 Å². The van der Waals surface area contributed by atoms with Gasteiger partial charge in [0.05, 0.1) is 42.7 Å². The number of ether oxygens (including phenoxy) is 5. The van der Waals surface area contributed by atoms with Gasteiger partial charge in [0.1, 0.15) is 12.7 Å². The minimum Gasteiger partial charge on any atom is -0.392 e. The summed E-state index contributed by atoms with van der Waals surface area (Å²) in [5.41, 5.74) is 1.34. The molecule has 0 aromatic carbocycles. The third kappa shape index (κ3) is 12.3. The number of piperidine rings is 1. The number of allylic oxidation sites excluding steroid dienone is 4. The van der Waals surface area contributed by atoms with Crippen molar-refractivity contribution in [2.75, 3.05) is 34.5 Å². The number of nitrogens with zero attached hydrogens (tertiary/aromatic N) is 1. The molecule has 3 N–H and O–H groups in total. The lowest BCUT2D eigenvalue weighted by Crippen LogP contribution is -2.64. The summed E-state index contributed by atoms with van der Waals surface area (Å²) in [7, 11) is 4.66. The Morgan fingerprint density at radius 3 is 2.25 bits per heavy atom. The number of carbonyl (C=O) groups excluding carboxylic acids is 4. The van der Waals surface area contributed by atoms with Crippen LogP contribution in [-0.4, -0.2) is 133 Å². The molecule has 0 spiro atoms. The van der Waals surface area contributed by atoms with Crippen molar-refractivity contribution >= 4 is 23.3 Å². The van der Waals surface area contributed by atoms with Crippen molar-refractivity contribution in [1.82, 2.24) is 4.90 Å². The second-order valence-corrected chi connectivity index (χ2v) is 18.0. The number of methoxy groups -OCH3 is 3. The van der Waals surface area contributed by atoms with Crippen LogP contribution in [0.4, 0.5) is 0 Å². The summed E-state index contributed by atoms with van der Waals surface area (Å²) >= 11 is 0. The summed E-state index contributed by atoms with van der Waals surface area (Å²) in [4.78, 5) is 57.6. The van der Waals surface area contributed by atoms with Crippen LogP contribution in [0.5, 0.6) is 0 Å². The number of aliphatic hydroxyl groups is 3. The molecule has 1 aliphatic carbocycles. The number of aliphatic hydroxyl groups excluding tert-OH is 2. The maximum atomic E-state index is 14.2. The molecule has 14 atom stereocenters. The van der Waals surface area contributed by atoms with Crippen LogP contribution in [0.15, 0.2) is 36.0 Å². The molecule has 59 heavy (non-hydrogen) atoms. The molecular formula is C46H73NO12. The molecule has 2 bridgehead atoms. The Balaban J connectivity index is 1.73. The Hall–Kier alpha value is -2.62. The van der Waals surface area contributed by atoms with Crippen LogP contribution >= 0.6 is 0 Å². The van der Waals surface area contributed by atoms with E-state index >= 15 is 0 Å². The highest BCUT2D eigenvalue weighted by Gasteiger charge is 2.56. The molecule has 13 heteroatoms. The number of Topliss-reactive ketones (excluding diaryl/α,β-unsaturated/α-hetero) is 3. The number of hydrogen-bond acceptors (Lipinski definition) is 12. The van der Waals surface area contributed by atoms with Gasteiger partial charge in [0, 0.05) is 46.1 Å². The van der Waals surface area contributed by atoms with Crippen molar-refractivity contribution in [2.45, 2.75) is 166 Å². The fraction of sp³-hybridized carbons (Fsp3) is 0.783. The third-order valence-electron chi connectivity index (χ3n) is 13.4. The van der Waals surface area contributed by atoms with E-state index in [1.165, 1.54) is 4.90 Å². The molecule has 3 fully saturated rings. The van der Waals surface area contributed by atoms with Crippen LogP contribution in [0.1, 0.15) is 112 Å². The quantitative estimate of drug-likeness (QED) is 0.230. The summed E-state index contributed by atoms with van der Waals surface area (Å²) in [5.74, 6) is -6.38. The van der Waals surface area contributed by atoms with Gasteiger partial charge in [0.2, 0.25) is 5.79 Å². The van der Waals surface area contributed by atoms with E-state index in [9.17, 15) is 34.5 Å². The van der Waals surface area contributed by atoms with Crippen molar-refractivity contribution in [2.24, 2.45) is 29.6 Å². The zero-order valence-electron chi connectivity index (χ0n) is 36.8. The lowest BCUT2D eigenvalue weighted by Gasteiger charge is -2.46. The van der Waals surface area contributed by atoms with E-state index in [1.807, 2.05) is 19.1 Å². The van der Waals surface area contributed by atoms with Crippen molar-refractivity contribution in [3.05, 3.63) is 36.0 Å². The van der Waals surface area contributed by atoms with Crippen LogP contribution in [0.25, 0.3) is 0 Å². The SMILES string of the molecule is C=CCC1=CC(C)CC(C)CCC(OC)C2OC(O)(C(=O)C(=O)N3CCCCC3C(=O)COC(C(C)=CC3CCC(O)C(OC)C3)C(C)C(O)CC1=O)C(C)CC2OC. The van der Waals surface area contributed by atoms with Gasteiger partial charge in [0.25, 0.3) is 11.7 Å². The van der Waals surface area contributed by atoms with Crippen molar-refractivity contribution in [1.29, 1.82) is 0 Å². The zero-order valence-corrected chi connectivity index (χ0v) is 36.8. The molecule has 3 aliphatic heterocycles. The number of ketones is 3. The molecule has 334 valence electrons. The van der Waals surface area contributed by atoms with E-state index in [1.54, 1.807) is 41.3 Å². The molecule has 14 unspecified atom stereocenters. The fourth-order valence-electron chi connectivity index (χ4n) is 9.81. The summed E-state index contributed by atoms with van der Waals surface area (Å²) in [5, 5.41) is 34.1. The van der Waals surface area contributed by atoms with Crippen molar-refractivity contribution in [3.8, 4) is 0 Å². The second-order valence-electron chi connectivity index (χ2n) is 18.0. The minimum absolute atomic E-state index is 0.0176. The van der Waals surface area contributed by atoms with Crippen LogP contribution in [-0.2, 0) is 42.9 Å². The summed E-state index contributed by atoms with van der Waals surface area (Å²) < 4.78 is 29.9. The van der Waals surface area contributed by atoms with Gasteiger partial charge in [0.15, 0.2) is 11.6 Å². The highest BCUT2D eigenvalue weighted by atomic mass is 16.7. The zero-order chi connectivity index (χ0) is 43.6. The van der Waals surface area contributed by atoms with E-state index < -0.39 is 84.4 Å². The van der Waals surface area contributed by atoms with Gasteiger partial charge < -0.3 is 43.9 Å². The molecule has 0 radical (unpaired) electrons. The standard InChI is InChI=1S/C46H73NO12/c1-10-13-33-21-28(3)20-27(2)15-18-39(55-7)43-41(57-9)23-30(5)46(54,59-43)44(52)45(53)47-19-12-11-14-34(47)38(51)26-58-42(31(6)36(49)25-37(33)50)29(4)22-32-16-17-35(48)40(24-32)56-8/h10,21-22,27-28,30-32,34-36,39-43,48-49,54H,1,11-20,23-26H2,2-9H3. The lowest BCUT2D eigenvalue weighted by atomic mass is 9.82. The van der Waals surface area contributed by atoms with Gasteiger partial charge >= 0.3 is 0 Å². The number of hydrogen-bond donors (Lipinski definition) is 3. The molecular weight excluding hydrogens is 759 g/mol. The Morgan fingerprint density at radius 1 is 0.898 bits per heavy atom. The van der Waals surface area contributed by atoms with E-state index in [0.29, 0.717) is 63.4 Å². The normalized spacial score (nSPS) is 39.6. The van der Waals surface area contributed by atoms with Gasteiger partial charge in [-0.05, 0) is 106 Å². The van der Waals surface area contributed by atoms with Gasteiger partial charge in [-0.25, -0.2) is 0 Å². The predicted molar refractivity (Wildman–Crippen MR) is 222 cm³/mol. The third-order valence-corrected chi connectivity index (χ3v) is 13.4. The van der Waals surface area contributed by atoms with Crippen LogP contribution < -0.4 is 0 Å². The molecule has 2 saturated heterocycles. The van der Waals surface area contributed by atoms with Gasteiger partial charge in [-0.3, -0.25) is 19.2 Å². The van der Waals surface area contributed by atoms with Gasteiger partial charge in [-0.2, -0.15) is 0 Å². The Kier molecular flexibility index (Phi) is 18.7. The number of fused-ring (bicyclic) bond motifs is 3. The van der Waals surface area contributed by atoms with E-state index in [2.05, 4.69) is 20.4 Å². The Bertz CT molecular complexity index is 1510. The molecule has 1 saturated carbocycles. The number of rotatable bonds is 7. The highest BCUT2D eigenvalue weighted by Crippen LogP contribution is 2.39. The first kappa shape index (κ1) is 49.0. The fourth-order valence-corrected chi connectivity index (χ4v) is 9.81. The first-order valence-electron chi connectivity index (χ1n) is 21.9. The summed E-state index contributed by atoms with van der Waals surface area (Å²) in [6.07, 6.45) is 6.72. The maximum Gasteiger partial charge on any atom is 0.296 e. The van der Waals surface area contributed by atoms with Crippen LogP contribution in [0.3, 0.4) is 0 Å². The second kappa shape index (κ2) is 22.5. The van der Waals surface area contributed by atoms with E-state index in [-0.39, 0.29) is 49.0 Å². The molecule has 4 aliphatic rings.